The number of hydrogen-bond donors (Lipinski definition) is 1. The van der Waals surface area contributed by atoms with Crippen molar-refractivity contribution in [1.82, 2.24) is 5.32 Å². The van der Waals surface area contributed by atoms with Gasteiger partial charge in [-0.05, 0) is 85.4 Å². The highest BCUT2D eigenvalue weighted by atomic mass is 14.9. The molecule has 2 aliphatic rings. The Morgan fingerprint density at radius 2 is 1.55 bits per heavy atom. The molecule has 1 fully saturated rings. The van der Waals surface area contributed by atoms with Crippen molar-refractivity contribution in [2.24, 2.45) is 23.7 Å². The van der Waals surface area contributed by atoms with Crippen molar-refractivity contribution in [1.29, 1.82) is 0 Å². The molecule has 0 saturated heterocycles. The fraction of sp³-hybridized carbons (Fsp3) is 0.571. The van der Waals surface area contributed by atoms with Crippen molar-refractivity contribution in [3.05, 3.63) is 71.3 Å². The fourth-order valence-electron chi connectivity index (χ4n) is 6.18. The zero-order valence-electron chi connectivity index (χ0n) is 18.4. The van der Waals surface area contributed by atoms with Gasteiger partial charge < -0.3 is 5.32 Å². The summed E-state index contributed by atoms with van der Waals surface area (Å²) in [5.41, 5.74) is 4.64. The summed E-state index contributed by atoms with van der Waals surface area (Å²) in [7, 11) is 0. The Bertz CT molecular complexity index is 727. The molecule has 156 valence electrons. The van der Waals surface area contributed by atoms with Gasteiger partial charge in [0.1, 0.15) is 0 Å². The molecule has 2 aromatic rings. The standard InChI is InChI=1S/C28H39N/c1-21-9-8-14-26(18-23-10-4-3-5-11-23)28(22(2)17-21)15-16-29-27-19-24-12-6-7-13-25(24)20-27/h3-7,10-13,21-22,26-29H,8-9,14-20H2,1-2H3. The minimum atomic E-state index is 0.641. The quantitative estimate of drug-likeness (QED) is 0.598. The summed E-state index contributed by atoms with van der Waals surface area (Å²) < 4.78 is 0. The maximum absolute atomic E-state index is 3.93. The van der Waals surface area contributed by atoms with E-state index in [0.29, 0.717) is 6.04 Å². The maximum Gasteiger partial charge on any atom is 0.0148 e. The van der Waals surface area contributed by atoms with Gasteiger partial charge in [0.05, 0.1) is 0 Å². The molecule has 0 aromatic heterocycles. The molecule has 0 bridgehead atoms. The first-order valence-electron chi connectivity index (χ1n) is 12.0. The Hall–Kier alpha value is -1.60. The smallest absolute Gasteiger partial charge is 0.0148 e. The van der Waals surface area contributed by atoms with Crippen LogP contribution in [-0.2, 0) is 19.3 Å². The van der Waals surface area contributed by atoms with E-state index in [1.165, 1.54) is 63.5 Å². The molecule has 4 unspecified atom stereocenters. The number of nitrogens with one attached hydrogen (secondary N) is 1. The lowest BCUT2D eigenvalue weighted by Crippen LogP contribution is -2.35. The topological polar surface area (TPSA) is 12.0 Å². The largest absolute Gasteiger partial charge is 0.313 e. The third-order valence-corrected chi connectivity index (χ3v) is 7.68. The molecule has 0 spiro atoms. The molecule has 1 heteroatoms. The summed E-state index contributed by atoms with van der Waals surface area (Å²) in [6, 6.07) is 20.9. The highest BCUT2D eigenvalue weighted by molar-refractivity contribution is 5.33. The van der Waals surface area contributed by atoms with Crippen LogP contribution in [0.4, 0.5) is 0 Å². The average Bonchev–Trinajstić information content (AvgIpc) is 3.13. The molecule has 1 N–H and O–H groups in total. The zero-order valence-corrected chi connectivity index (χ0v) is 18.4. The van der Waals surface area contributed by atoms with Gasteiger partial charge >= 0.3 is 0 Å². The second kappa shape index (κ2) is 9.94. The number of fused-ring (bicyclic) bond motifs is 1. The van der Waals surface area contributed by atoms with Crippen LogP contribution in [0.2, 0.25) is 0 Å². The molecule has 4 rings (SSSR count). The molecule has 0 amide bonds. The second-order valence-electron chi connectivity index (χ2n) is 9.98. The molecule has 2 aromatic carbocycles. The van der Waals surface area contributed by atoms with Crippen LogP contribution in [0.3, 0.4) is 0 Å². The van der Waals surface area contributed by atoms with E-state index < -0.39 is 0 Å². The Labute approximate surface area is 178 Å². The maximum atomic E-state index is 3.93. The van der Waals surface area contributed by atoms with E-state index in [1.54, 1.807) is 11.1 Å². The Balaban J connectivity index is 1.37. The van der Waals surface area contributed by atoms with Crippen molar-refractivity contribution in [3.63, 3.8) is 0 Å². The monoisotopic (exact) mass is 389 g/mol. The van der Waals surface area contributed by atoms with Gasteiger partial charge in [-0.3, -0.25) is 0 Å². The van der Waals surface area contributed by atoms with Gasteiger partial charge in [-0.25, -0.2) is 0 Å². The predicted molar refractivity (Wildman–Crippen MR) is 124 cm³/mol. The van der Waals surface area contributed by atoms with Crippen LogP contribution < -0.4 is 5.32 Å². The van der Waals surface area contributed by atoms with Gasteiger partial charge in [-0.1, -0.05) is 81.3 Å². The molecule has 0 aliphatic heterocycles. The van der Waals surface area contributed by atoms with E-state index in [4.69, 9.17) is 0 Å². The summed E-state index contributed by atoms with van der Waals surface area (Å²) in [4.78, 5) is 0. The van der Waals surface area contributed by atoms with Crippen LogP contribution >= 0.6 is 0 Å². The zero-order chi connectivity index (χ0) is 20.1. The molecular formula is C28H39N. The van der Waals surface area contributed by atoms with Gasteiger partial charge in [0.15, 0.2) is 0 Å². The molecule has 1 saturated carbocycles. The van der Waals surface area contributed by atoms with Crippen LogP contribution in [-0.4, -0.2) is 12.6 Å². The Morgan fingerprint density at radius 3 is 2.28 bits per heavy atom. The van der Waals surface area contributed by atoms with E-state index in [-0.39, 0.29) is 0 Å². The van der Waals surface area contributed by atoms with E-state index in [1.807, 2.05) is 0 Å². The van der Waals surface area contributed by atoms with E-state index in [9.17, 15) is 0 Å². The molecule has 29 heavy (non-hydrogen) atoms. The average molecular weight is 390 g/mol. The van der Waals surface area contributed by atoms with Crippen molar-refractivity contribution in [2.45, 2.75) is 71.3 Å². The van der Waals surface area contributed by atoms with Crippen LogP contribution in [0.1, 0.15) is 62.6 Å². The molecule has 1 nitrogen and oxygen atoms in total. The molecule has 0 heterocycles. The highest BCUT2D eigenvalue weighted by Crippen LogP contribution is 2.38. The summed E-state index contributed by atoms with van der Waals surface area (Å²) >= 11 is 0. The fourth-order valence-corrected chi connectivity index (χ4v) is 6.18. The third-order valence-electron chi connectivity index (χ3n) is 7.68. The summed E-state index contributed by atoms with van der Waals surface area (Å²) in [5, 5.41) is 3.93. The van der Waals surface area contributed by atoms with Gasteiger partial charge in [-0.2, -0.15) is 0 Å². The lowest BCUT2D eigenvalue weighted by atomic mass is 9.70. The van der Waals surface area contributed by atoms with Crippen molar-refractivity contribution in [2.75, 3.05) is 6.54 Å². The van der Waals surface area contributed by atoms with Crippen LogP contribution in [0.15, 0.2) is 54.6 Å². The highest BCUT2D eigenvalue weighted by Gasteiger charge is 2.30. The number of rotatable bonds is 6. The number of benzene rings is 2. The van der Waals surface area contributed by atoms with Crippen LogP contribution in [0, 0.1) is 23.7 Å². The van der Waals surface area contributed by atoms with Gasteiger partial charge in [0.2, 0.25) is 0 Å². The van der Waals surface area contributed by atoms with Crippen LogP contribution in [0.5, 0.6) is 0 Å². The predicted octanol–water partition coefficient (Wildman–Crippen LogP) is 6.45. The molecular weight excluding hydrogens is 350 g/mol. The molecule has 0 radical (unpaired) electrons. The lowest BCUT2D eigenvalue weighted by molar-refractivity contribution is 0.156. The van der Waals surface area contributed by atoms with Gasteiger partial charge in [0.25, 0.3) is 0 Å². The minimum Gasteiger partial charge on any atom is -0.313 e. The summed E-state index contributed by atoms with van der Waals surface area (Å²) in [6.45, 7) is 6.18. The summed E-state index contributed by atoms with van der Waals surface area (Å²) in [6.07, 6.45) is 10.7. The van der Waals surface area contributed by atoms with Gasteiger partial charge in [0, 0.05) is 6.04 Å². The lowest BCUT2D eigenvalue weighted by Gasteiger charge is -2.36. The minimum absolute atomic E-state index is 0.641. The first-order valence-corrected chi connectivity index (χ1v) is 12.0. The molecule has 4 atom stereocenters. The van der Waals surface area contributed by atoms with E-state index in [0.717, 1.165) is 23.7 Å². The first kappa shape index (κ1) is 20.7. The SMILES string of the molecule is CC1CCCC(Cc2ccccc2)C(CCNC2Cc3ccccc3C2)C(C)C1. The first-order chi connectivity index (χ1) is 14.2. The van der Waals surface area contributed by atoms with E-state index >= 15 is 0 Å². The van der Waals surface area contributed by atoms with Gasteiger partial charge in [-0.15, -0.1) is 0 Å². The van der Waals surface area contributed by atoms with Crippen molar-refractivity contribution >= 4 is 0 Å². The van der Waals surface area contributed by atoms with Crippen molar-refractivity contribution in [3.8, 4) is 0 Å². The van der Waals surface area contributed by atoms with Crippen LogP contribution in [0.25, 0.3) is 0 Å². The second-order valence-corrected chi connectivity index (χ2v) is 9.98. The third kappa shape index (κ3) is 5.51. The molecule has 2 aliphatic carbocycles. The normalized spacial score (nSPS) is 27.9. The Morgan fingerprint density at radius 1 is 0.862 bits per heavy atom. The van der Waals surface area contributed by atoms with E-state index in [2.05, 4.69) is 73.8 Å². The Kier molecular flexibility index (Phi) is 7.08. The number of hydrogen-bond acceptors (Lipinski definition) is 1. The summed E-state index contributed by atoms with van der Waals surface area (Å²) in [5.74, 6) is 3.40. The van der Waals surface area contributed by atoms with Crippen molar-refractivity contribution < 1.29 is 0 Å².